The van der Waals surface area contributed by atoms with Crippen LogP contribution in [0.25, 0.3) is 94.1 Å². The Bertz CT molecular complexity index is 2640. The lowest BCUT2D eigenvalue weighted by Gasteiger charge is -2.13. The predicted octanol–water partition coefficient (Wildman–Crippen LogP) is 10.9. The molecule has 0 radical (unpaired) electrons. The van der Waals surface area contributed by atoms with E-state index in [1.54, 1.807) is 0 Å². The van der Waals surface area contributed by atoms with Gasteiger partial charge in [0.1, 0.15) is 0 Å². The first-order valence-electron chi connectivity index (χ1n) is 15.4. The summed E-state index contributed by atoms with van der Waals surface area (Å²) in [6.07, 6.45) is 0. The Hall–Kier alpha value is -6.06. The second-order valence-electron chi connectivity index (χ2n) is 11.8. The molecular formula is C42H25N3. The highest BCUT2D eigenvalue weighted by atomic mass is 15.0. The molecule has 0 atom stereocenters. The number of hydrogen-bond acceptors (Lipinski definition) is 2. The summed E-state index contributed by atoms with van der Waals surface area (Å²) in [5.41, 5.74) is 12.7. The van der Waals surface area contributed by atoms with Crippen LogP contribution >= 0.6 is 0 Å². The fourth-order valence-corrected chi connectivity index (χ4v) is 7.42. The molecule has 3 nitrogen and oxygen atoms in total. The molecule has 2 heterocycles. The van der Waals surface area contributed by atoms with Crippen molar-refractivity contribution < 1.29 is 0 Å². The summed E-state index contributed by atoms with van der Waals surface area (Å²) in [5, 5.41) is 6.25. The molecular weight excluding hydrogens is 546 g/mol. The molecule has 0 fully saturated rings. The summed E-state index contributed by atoms with van der Waals surface area (Å²) < 4.78 is 2.42. The Morgan fingerprint density at radius 2 is 1.18 bits per heavy atom. The lowest BCUT2D eigenvalue weighted by molar-refractivity contribution is 1.18. The van der Waals surface area contributed by atoms with Crippen LogP contribution in [-0.4, -0.2) is 14.5 Å². The Balaban J connectivity index is 1.24. The third-order valence-electron chi connectivity index (χ3n) is 9.32. The van der Waals surface area contributed by atoms with Gasteiger partial charge in [-0.05, 0) is 57.8 Å². The van der Waals surface area contributed by atoms with Gasteiger partial charge in [-0.25, -0.2) is 9.97 Å². The minimum Gasteiger partial charge on any atom is -0.309 e. The van der Waals surface area contributed by atoms with Crippen LogP contribution in [0.1, 0.15) is 0 Å². The van der Waals surface area contributed by atoms with Crippen molar-refractivity contribution in [2.75, 3.05) is 0 Å². The summed E-state index contributed by atoms with van der Waals surface area (Å²) in [6, 6.07) is 54.1. The van der Waals surface area contributed by atoms with Crippen molar-refractivity contribution in [3.8, 4) is 50.6 Å². The van der Waals surface area contributed by atoms with Gasteiger partial charge in [0.15, 0.2) is 5.82 Å². The van der Waals surface area contributed by atoms with E-state index in [2.05, 4.69) is 132 Å². The minimum atomic E-state index is 0.732. The normalized spacial score (nSPS) is 12.0. The van der Waals surface area contributed by atoms with Crippen molar-refractivity contribution in [1.82, 2.24) is 14.5 Å². The Labute approximate surface area is 259 Å². The summed E-state index contributed by atoms with van der Waals surface area (Å²) in [5.74, 6) is 0.732. The Morgan fingerprint density at radius 1 is 0.444 bits per heavy atom. The molecule has 0 bridgehead atoms. The number of aromatic nitrogens is 3. The van der Waals surface area contributed by atoms with E-state index in [4.69, 9.17) is 9.97 Å². The van der Waals surface area contributed by atoms with Crippen LogP contribution in [-0.2, 0) is 0 Å². The fraction of sp³-hybridized carbons (Fsp3) is 0. The molecule has 45 heavy (non-hydrogen) atoms. The molecule has 1 aliphatic rings. The number of para-hydroxylation sites is 2. The van der Waals surface area contributed by atoms with Crippen LogP contribution in [0.5, 0.6) is 0 Å². The number of benzene rings is 7. The smallest absolute Gasteiger partial charge is 0.160 e. The SMILES string of the molecule is c1ccc(-c2nc(-c3cccc(-n4c5ccccc5c5c6c(ccc54)-c4cccc5cccc-6c45)c3)c3ccccc3n2)cc1. The van der Waals surface area contributed by atoms with Crippen molar-refractivity contribution in [3.63, 3.8) is 0 Å². The minimum absolute atomic E-state index is 0.732. The first-order valence-corrected chi connectivity index (χ1v) is 15.4. The number of rotatable bonds is 3. The number of nitrogens with zero attached hydrogens (tertiary/aromatic N) is 3. The first kappa shape index (κ1) is 24.4. The van der Waals surface area contributed by atoms with E-state index in [9.17, 15) is 0 Å². The molecule has 0 unspecified atom stereocenters. The molecule has 9 aromatic rings. The third kappa shape index (κ3) is 3.46. The topological polar surface area (TPSA) is 30.7 Å². The Morgan fingerprint density at radius 3 is 2.07 bits per heavy atom. The monoisotopic (exact) mass is 571 g/mol. The molecule has 0 spiro atoms. The molecule has 0 saturated heterocycles. The zero-order valence-corrected chi connectivity index (χ0v) is 24.3. The maximum Gasteiger partial charge on any atom is 0.160 e. The second kappa shape index (κ2) is 9.22. The quantitative estimate of drug-likeness (QED) is 0.211. The van der Waals surface area contributed by atoms with Crippen LogP contribution in [0, 0.1) is 0 Å². The van der Waals surface area contributed by atoms with Crippen molar-refractivity contribution in [1.29, 1.82) is 0 Å². The van der Waals surface area contributed by atoms with E-state index in [-0.39, 0.29) is 0 Å². The van der Waals surface area contributed by atoms with Crippen molar-refractivity contribution in [2.24, 2.45) is 0 Å². The highest BCUT2D eigenvalue weighted by Gasteiger charge is 2.26. The van der Waals surface area contributed by atoms with Crippen LogP contribution in [0.4, 0.5) is 0 Å². The van der Waals surface area contributed by atoms with Crippen molar-refractivity contribution in [3.05, 3.63) is 152 Å². The molecule has 0 saturated carbocycles. The van der Waals surface area contributed by atoms with E-state index >= 15 is 0 Å². The van der Waals surface area contributed by atoms with Crippen molar-refractivity contribution in [2.45, 2.75) is 0 Å². The van der Waals surface area contributed by atoms with Crippen LogP contribution in [0.3, 0.4) is 0 Å². The molecule has 2 aromatic heterocycles. The lowest BCUT2D eigenvalue weighted by Crippen LogP contribution is -1.97. The molecule has 3 heteroatoms. The zero-order valence-electron chi connectivity index (χ0n) is 24.3. The van der Waals surface area contributed by atoms with Gasteiger partial charge in [-0.3, -0.25) is 0 Å². The average Bonchev–Trinajstić information content (AvgIpc) is 3.62. The van der Waals surface area contributed by atoms with Crippen LogP contribution in [0.2, 0.25) is 0 Å². The van der Waals surface area contributed by atoms with Crippen molar-refractivity contribution >= 4 is 43.5 Å². The summed E-state index contributed by atoms with van der Waals surface area (Å²) in [7, 11) is 0. The molecule has 0 aliphatic heterocycles. The van der Waals surface area contributed by atoms with E-state index in [1.807, 2.05) is 24.3 Å². The van der Waals surface area contributed by atoms with Crippen LogP contribution in [0.15, 0.2) is 152 Å². The van der Waals surface area contributed by atoms with E-state index in [0.717, 1.165) is 39.2 Å². The summed E-state index contributed by atoms with van der Waals surface area (Å²) >= 11 is 0. The van der Waals surface area contributed by atoms with Crippen LogP contribution < -0.4 is 0 Å². The zero-order chi connectivity index (χ0) is 29.5. The summed E-state index contributed by atoms with van der Waals surface area (Å²) in [6.45, 7) is 0. The molecule has 1 aliphatic carbocycles. The van der Waals surface area contributed by atoms with Gasteiger partial charge in [0.25, 0.3) is 0 Å². The van der Waals surface area contributed by atoms with E-state index in [1.165, 1.54) is 54.8 Å². The van der Waals surface area contributed by atoms with Gasteiger partial charge in [0.2, 0.25) is 0 Å². The van der Waals surface area contributed by atoms with Gasteiger partial charge in [-0.2, -0.15) is 0 Å². The predicted molar refractivity (Wildman–Crippen MR) is 187 cm³/mol. The Kier molecular flexibility index (Phi) is 5.00. The molecule has 208 valence electrons. The largest absolute Gasteiger partial charge is 0.309 e. The fourth-order valence-electron chi connectivity index (χ4n) is 7.42. The van der Waals surface area contributed by atoms with E-state index < -0.39 is 0 Å². The highest BCUT2D eigenvalue weighted by Crippen LogP contribution is 2.52. The van der Waals surface area contributed by atoms with Gasteiger partial charge >= 0.3 is 0 Å². The third-order valence-corrected chi connectivity index (χ3v) is 9.32. The van der Waals surface area contributed by atoms with Gasteiger partial charge in [-0.1, -0.05) is 121 Å². The molecule has 0 amide bonds. The molecule has 0 N–H and O–H groups in total. The maximum absolute atomic E-state index is 5.16. The highest BCUT2D eigenvalue weighted by molar-refractivity contribution is 6.26. The molecule has 10 rings (SSSR count). The van der Waals surface area contributed by atoms with Gasteiger partial charge in [-0.15, -0.1) is 0 Å². The molecule has 7 aromatic carbocycles. The van der Waals surface area contributed by atoms with Gasteiger partial charge in [0, 0.05) is 38.5 Å². The lowest BCUT2D eigenvalue weighted by atomic mass is 9.98. The summed E-state index contributed by atoms with van der Waals surface area (Å²) in [4.78, 5) is 10.1. The number of hydrogen-bond donors (Lipinski definition) is 0. The number of fused-ring (bicyclic) bond motifs is 8. The average molecular weight is 572 g/mol. The first-order chi connectivity index (χ1) is 22.3. The maximum atomic E-state index is 5.16. The van der Waals surface area contributed by atoms with Gasteiger partial charge < -0.3 is 4.57 Å². The van der Waals surface area contributed by atoms with E-state index in [0.29, 0.717) is 0 Å². The van der Waals surface area contributed by atoms with Gasteiger partial charge in [0.05, 0.1) is 22.2 Å². The standard InChI is InChI=1S/C42H25N3/c1-2-11-27(12-3-1)42-43-35-21-6-4-17-32(35)41(44-42)28-15-8-16-29(25-28)45-36-22-7-5-18-33(36)40-37(45)24-23-31-30-19-9-13-26-14-10-20-34(38(26)30)39(31)40/h1-25H. The second-order valence-corrected chi connectivity index (χ2v) is 11.8.